The van der Waals surface area contributed by atoms with E-state index in [1.54, 1.807) is 4.90 Å². The summed E-state index contributed by atoms with van der Waals surface area (Å²) in [6.07, 6.45) is 2.57. The molecule has 0 aromatic heterocycles. The van der Waals surface area contributed by atoms with Crippen LogP contribution in [-0.2, 0) is 14.3 Å². The molecule has 1 heterocycles. The number of likely N-dealkylation sites (tertiary alicyclic amines) is 1. The Morgan fingerprint density at radius 1 is 1.37 bits per heavy atom. The maximum absolute atomic E-state index is 11.8. The fourth-order valence-electron chi connectivity index (χ4n) is 2.57. The van der Waals surface area contributed by atoms with Crippen molar-refractivity contribution >= 4 is 11.9 Å². The highest BCUT2D eigenvalue weighted by Gasteiger charge is 2.41. The molecule has 1 saturated heterocycles. The van der Waals surface area contributed by atoms with E-state index in [1.165, 1.54) is 0 Å². The molecule has 1 amide bonds. The Kier molecular flexibility index (Phi) is 6.24. The van der Waals surface area contributed by atoms with E-state index < -0.39 is 11.4 Å². The molecule has 0 unspecified atom stereocenters. The lowest BCUT2D eigenvalue weighted by molar-refractivity contribution is -0.155. The van der Waals surface area contributed by atoms with E-state index >= 15 is 0 Å². The smallest absolute Gasteiger partial charge is 0.309 e. The number of carbonyl (C=O) groups is 2. The molecular weight excluding hydrogens is 248 g/mol. The molecule has 6 heteroatoms. The zero-order chi connectivity index (χ0) is 14.3. The standard InChI is InChI=1S/C13H24N2O4/c1-2-3-13(12(17)18)4-7-15(8-5-13)11(16)10-19-9-6-14/h2-10,14H2,1H3,(H,17,18). The second kappa shape index (κ2) is 7.45. The fourth-order valence-corrected chi connectivity index (χ4v) is 2.57. The number of amides is 1. The number of ether oxygens (including phenoxy) is 1. The molecular formula is C13H24N2O4. The third-order valence-electron chi connectivity index (χ3n) is 3.74. The Hall–Kier alpha value is -1.14. The second-order valence-electron chi connectivity index (χ2n) is 5.06. The molecule has 110 valence electrons. The minimum atomic E-state index is -0.735. The highest BCUT2D eigenvalue weighted by molar-refractivity contribution is 5.79. The van der Waals surface area contributed by atoms with Crippen molar-refractivity contribution in [1.29, 1.82) is 0 Å². The monoisotopic (exact) mass is 272 g/mol. The summed E-state index contributed by atoms with van der Waals surface area (Å²) < 4.78 is 5.11. The Labute approximate surface area is 113 Å². The molecule has 1 rings (SSSR count). The van der Waals surface area contributed by atoms with Crippen molar-refractivity contribution in [1.82, 2.24) is 4.90 Å². The van der Waals surface area contributed by atoms with Gasteiger partial charge in [-0.05, 0) is 19.3 Å². The Bertz CT molecular complexity index is 312. The average molecular weight is 272 g/mol. The first-order valence-electron chi connectivity index (χ1n) is 6.84. The number of piperidine rings is 1. The van der Waals surface area contributed by atoms with Gasteiger partial charge in [-0.15, -0.1) is 0 Å². The van der Waals surface area contributed by atoms with Gasteiger partial charge < -0.3 is 20.5 Å². The predicted octanol–water partition coefficient (Wildman–Crippen LogP) is 0.455. The zero-order valence-electron chi connectivity index (χ0n) is 11.6. The number of hydrogen-bond acceptors (Lipinski definition) is 4. The third kappa shape index (κ3) is 4.18. The summed E-state index contributed by atoms with van der Waals surface area (Å²) in [6, 6.07) is 0. The zero-order valence-corrected chi connectivity index (χ0v) is 11.6. The lowest BCUT2D eigenvalue weighted by Gasteiger charge is -2.38. The Morgan fingerprint density at radius 3 is 2.47 bits per heavy atom. The van der Waals surface area contributed by atoms with E-state index in [9.17, 15) is 14.7 Å². The van der Waals surface area contributed by atoms with Gasteiger partial charge in [0.15, 0.2) is 0 Å². The van der Waals surface area contributed by atoms with Crippen molar-refractivity contribution < 1.29 is 19.4 Å². The first-order valence-corrected chi connectivity index (χ1v) is 6.84. The molecule has 1 aliphatic heterocycles. The van der Waals surface area contributed by atoms with Crippen molar-refractivity contribution in [3.63, 3.8) is 0 Å². The van der Waals surface area contributed by atoms with Crippen LogP contribution in [0.1, 0.15) is 32.6 Å². The fraction of sp³-hybridized carbons (Fsp3) is 0.846. The van der Waals surface area contributed by atoms with Gasteiger partial charge in [-0.25, -0.2) is 0 Å². The van der Waals surface area contributed by atoms with Gasteiger partial charge in [0.05, 0.1) is 12.0 Å². The molecule has 0 spiro atoms. The van der Waals surface area contributed by atoms with Crippen LogP contribution in [0.5, 0.6) is 0 Å². The Morgan fingerprint density at radius 2 is 2.00 bits per heavy atom. The van der Waals surface area contributed by atoms with Gasteiger partial charge in [-0.1, -0.05) is 13.3 Å². The number of carbonyl (C=O) groups excluding carboxylic acids is 1. The van der Waals surface area contributed by atoms with E-state index in [1.807, 2.05) is 6.92 Å². The lowest BCUT2D eigenvalue weighted by Crippen LogP contribution is -2.47. The van der Waals surface area contributed by atoms with Gasteiger partial charge in [0.25, 0.3) is 0 Å². The number of nitrogens with zero attached hydrogens (tertiary/aromatic N) is 1. The van der Waals surface area contributed by atoms with Gasteiger partial charge in [0.1, 0.15) is 6.61 Å². The van der Waals surface area contributed by atoms with Crippen molar-refractivity contribution in [3.05, 3.63) is 0 Å². The molecule has 19 heavy (non-hydrogen) atoms. The molecule has 0 aromatic rings. The SMILES string of the molecule is CCCC1(C(=O)O)CCN(C(=O)COCCN)CC1. The summed E-state index contributed by atoms with van der Waals surface area (Å²) in [5.41, 5.74) is 4.63. The van der Waals surface area contributed by atoms with E-state index in [-0.39, 0.29) is 12.5 Å². The van der Waals surface area contributed by atoms with Crippen LogP contribution in [0, 0.1) is 5.41 Å². The molecule has 6 nitrogen and oxygen atoms in total. The molecule has 0 radical (unpaired) electrons. The number of aliphatic carboxylic acids is 1. The molecule has 1 fully saturated rings. The van der Waals surface area contributed by atoms with Gasteiger partial charge in [-0.3, -0.25) is 9.59 Å². The normalized spacial score (nSPS) is 18.3. The van der Waals surface area contributed by atoms with Crippen LogP contribution < -0.4 is 5.73 Å². The molecule has 0 aromatic carbocycles. The van der Waals surface area contributed by atoms with Crippen LogP contribution in [0.25, 0.3) is 0 Å². The first kappa shape index (κ1) is 15.9. The van der Waals surface area contributed by atoms with Crippen molar-refractivity contribution in [2.24, 2.45) is 11.1 Å². The molecule has 0 aliphatic carbocycles. The van der Waals surface area contributed by atoms with E-state index in [4.69, 9.17) is 10.5 Å². The minimum Gasteiger partial charge on any atom is -0.481 e. The Balaban J connectivity index is 2.46. The maximum atomic E-state index is 11.8. The van der Waals surface area contributed by atoms with Gasteiger partial charge in [0.2, 0.25) is 5.91 Å². The molecule has 0 atom stereocenters. The second-order valence-corrected chi connectivity index (χ2v) is 5.06. The first-order chi connectivity index (χ1) is 9.05. The van der Waals surface area contributed by atoms with E-state index in [2.05, 4.69) is 0 Å². The van der Waals surface area contributed by atoms with Crippen LogP contribution in [0.15, 0.2) is 0 Å². The summed E-state index contributed by atoms with van der Waals surface area (Å²) in [4.78, 5) is 24.9. The number of nitrogens with two attached hydrogens (primary N) is 1. The summed E-state index contributed by atoms with van der Waals surface area (Å²) in [7, 11) is 0. The predicted molar refractivity (Wildman–Crippen MR) is 70.7 cm³/mol. The summed E-state index contributed by atoms with van der Waals surface area (Å²) in [5.74, 6) is -0.815. The molecule has 1 aliphatic rings. The number of carboxylic acid groups (broad SMARTS) is 1. The van der Waals surface area contributed by atoms with Gasteiger partial charge in [-0.2, -0.15) is 0 Å². The highest BCUT2D eigenvalue weighted by atomic mass is 16.5. The van der Waals surface area contributed by atoms with Crippen LogP contribution in [0.4, 0.5) is 0 Å². The molecule has 3 N–H and O–H groups in total. The highest BCUT2D eigenvalue weighted by Crippen LogP contribution is 2.36. The number of carboxylic acids is 1. The summed E-state index contributed by atoms with van der Waals surface area (Å²) >= 11 is 0. The van der Waals surface area contributed by atoms with Crippen molar-refractivity contribution in [2.75, 3.05) is 32.8 Å². The van der Waals surface area contributed by atoms with Crippen LogP contribution in [-0.4, -0.2) is 54.7 Å². The van der Waals surface area contributed by atoms with Crippen LogP contribution in [0.3, 0.4) is 0 Å². The van der Waals surface area contributed by atoms with E-state index in [0.717, 1.165) is 6.42 Å². The van der Waals surface area contributed by atoms with Crippen LogP contribution >= 0.6 is 0 Å². The van der Waals surface area contributed by atoms with Gasteiger partial charge >= 0.3 is 5.97 Å². The van der Waals surface area contributed by atoms with Crippen molar-refractivity contribution in [2.45, 2.75) is 32.6 Å². The quantitative estimate of drug-likeness (QED) is 0.657. The minimum absolute atomic E-state index is 0.0328. The topological polar surface area (TPSA) is 92.9 Å². The van der Waals surface area contributed by atoms with Crippen LogP contribution in [0.2, 0.25) is 0 Å². The maximum Gasteiger partial charge on any atom is 0.309 e. The average Bonchev–Trinajstić information content (AvgIpc) is 2.40. The van der Waals surface area contributed by atoms with E-state index in [0.29, 0.717) is 45.5 Å². The summed E-state index contributed by atoms with van der Waals surface area (Å²) in [6.45, 7) is 3.78. The van der Waals surface area contributed by atoms with Crippen molar-refractivity contribution in [3.8, 4) is 0 Å². The summed E-state index contributed by atoms with van der Waals surface area (Å²) in [5, 5.41) is 9.38. The number of rotatable bonds is 7. The number of hydrogen-bond donors (Lipinski definition) is 2. The largest absolute Gasteiger partial charge is 0.481 e. The van der Waals surface area contributed by atoms with Gasteiger partial charge in [0, 0.05) is 19.6 Å². The molecule has 0 bridgehead atoms. The molecule has 0 saturated carbocycles. The lowest BCUT2D eigenvalue weighted by atomic mass is 9.75. The third-order valence-corrected chi connectivity index (χ3v) is 3.74.